The maximum Gasteiger partial charge on any atom is 0.274 e. The van der Waals surface area contributed by atoms with Gasteiger partial charge in [0.15, 0.2) is 4.96 Å². The Morgan fingerprint density at radius 1 is 1.24 bits per heavy atom. The molecule has 3 rings (SSSR count). The molecule has 8 heteroatoms. The van der Waals surface area contributed by atoms with Gasteiger partial charge in [-0.1, -0.05) is 30.3 Å². The largest absolute Gasteiger partial charge is 0.370 e. The number of nitrogens with zero attached hydrogens (tertiary/aromatic N) is 3. The lowest BCUT2D eigenvalue weighted by atomic mass is 10.2. The third-order valence-corrected chi connectivity index (χ3v) is 4.42. The van der Waals surface area contributed by atoms with Crippen LogP contribution in [0.25, 0.3) is 4.96 Å². The van der Waals surface area contributed by atoms with Gasteiger partial charge >= 0.3 is 0 Å². The van der Waals surface area contributed by atoms with Gasteiger partial charge in [0.05, 0.1) is 0 Å². The molecule has 0 aliphatic rings. The van der Waals surface area contributed by atoms with Crippen LogP contribution >= 0.6 is 11.3 Å². The van der Waals surface area contributed by atoms with Crippen molar-refractivity contribution < 1.29 is 9.59 Å². The van der Waals surface area contributed by atoms with Gasteiger partial charge in [0, 0.05) is 37.2 Å². The SMILES string of the molecule is NC(=O)CCN(Cc1ccccc1)C(=O)c1cc(=O)nc2sccn12. The van der Waals surface area contributed by atoms with Crippen molar-refractivity contribution in [3.05, 3.63) is 69.6 Å². The molecular weight excluding hydrogens is 340 g/mol. The van der Waals surface area contributed by atoms with Crippen molar-refractivity contribution in [3.8, 4) is 0 Å². The molecule has 128 valence electrons. The van der Waals surface area contributed by atoms with E-state index in [1.807, 2.05) is 30.3 Å². The molecule has 0 saturated heterocycles. The van der Waals surface area contributed by atoms with Crippen LogP contribution < -0.4 is 11.3 Å². The van der Waals surface area contributed by atoms with Gasteiger partial charge in [0.25, 0.3) is 11.5 Å². The van der Waals surface area contributed by atoms with Gasteiger partial charge in [-0.25, -0.2) is 0 Å². The van der Waals surface area contributed by atoms with Crippen molar-refractivity contribution in [3.63, 3.8) is 0 Å². The second-order valence-electron chi connectivity index (χ2n) is 5.46. The Labute approximate surface area is 147 Å². The number of hydrogen-bond acceptors (Lipinski definition) is 5. The van der Waals surface area contributed by atoms with Crippen molar-refractivity contribution in [2.75, 3.05) is 6.54 Å². The number of carbonyl (C=O) groups is 2. The summed E-state index contributed by atoms with van der Waals surface area (Å²) < 4.78 is 1.58. The van der Waals surface area contributed by atoms with Gasteiger partial charge in [-0.3, -0.25) is 18.8 Å². The van der Waals surface area contributed by atoms with E-state index < -0.39 is 11.5 Å². The number of thiazole rings is 1. The minimum Gasteiger partial charge on any atom is -0.370 e. The van der Waals surface area contributed by atoms with E-state index in [0.717, 1.165) is 5.56 Å². The van der Waals surface area contributed by atoms with Crippen LogP contribution in [-0.2, 0) is 11.3 Å². The molecule has 2 N–H and O–H groups in total. The third-order valence-electron chi connectivity index (χ3n) is 3.67. The molecule has 2 amide bonds. The summed E-state index contributed by atoms with van der Waals surface area (Å²) >= 11 is 1.27. The van der Waals surface area contributed by atoms with Crippen LogP contribution in [0.5, 0.6) is 0 Å². The molecule has 0 saturated carbocycles. The van der Waals surface area contributed by atoms with E-state index in [2.05, 4.69) is 4.98 Å². The molecule has 7 nitrogen and oxygen atoms in total. The van der Waals surface area contributed by atoms with E-state index in [1.54, 1.807) is 16.0 Å². The quantitative estimate of drug-likeness (QED) is 0.719. The molecule has 0 atom stereocenters. The first kappa shape index (κ1) is 16.8. The van der Waals surface area contributed by atoms with Crippen molar-refractivity contribution in [2.24, 2.45) is 5.73 Å². The number of benzene rings is 1. The monoisotopic (exact) mass is 356 g/mol. The van der Waals surface area contributed by atoms with Gasteiger partial charge in [-0.15, -0.1) is 11.3 Å². The molecule has 0 unspecified atom stereocenters. The second-order valence-corrected chi connectivity index (χ2v) is 6.34. The van der Waals surface area contributed by atoms with E-state index in [4.69, 9.17) is 5.73 Å². The van der Waals surface area contributed by atoms with Crippen LogP contribution in [0.2, 0.25) is 0 Å². The molecule has 25 heavy (non-hydrogen) atoms. The number of amides is 2. The number of primary amides is 1. The Bertz CT molecular complexity index is 965. The zero-order valence-corrected chi connectivity index (χ0v) is 14.1. The molecule has 0 fully saturated rings. The molecular formula is C17H16N4O3S. The summed E-state index contributed by atoms with van der Waals surface area (Å²) in [6.45, 7) is 0.488. The van der Waals surface area contributed by atoms with Crippen molar-refractivity contribution in [1.29, 1.82) is 0 Å². The van der Waals surface area contributed by atoms with Gasteiger partial charge in [0.2, 0.25) is 5.91 Å². The number of fused-ring (bicyclic) bond motifs is 1. The van der Waals surface area contributed by atoms with Crippen LogP contribution in [0.3, 0.4) is 0 Å². The fourth-order valence-electron chi connectivity index (χ4n) is 2.48. The number of nitrogens with two attached hydrogens (primary N) is 1. The first-order chi connectivity index (χ1) is 12.0. The van der Waals surface area contributed by atoms with Gasteiger partial charge in [-0.05, 0) is 5.56 Å². The fraction of sp³-hybridized carbons (Fsp3) is 0.176. The Hall–Kier alpha value is -3.00. The minimum absolute atomic E-state index is 0.0470. The molecule has 3 aromatic rings. The van der Waals surface area contributed by atoms with Crippen LogP contribution in [0.4, 0.5) is 0 Å². The van der Waals surface area contributed by atoms with Crippen LogP contribution in [0.15, 0.2) is 52.8 Å². The Balaban J connectivity index is 1.95. The zero-order valence-electron chi connectivity index (χ0n) is 13.3. The zero-order chi connectivity index (χ0) is 17.8. The lowest BCUT2D eigenvalue weighted by Gasteiger charge is -2.22. The van der Waals surface area contributed by atoms with E-state index in [0.29, 0.717) is 11.5 Å². The second kappa shape index (κ2) is 7.27. The standard InChI is InChI=1S/C17H16N4O3S/c18-14(22)6-7-20(11-12-4-2-1-3-5-12)16(24)13-10-15(23)19-17-21(13)8-9-25-17/h1-5,8-10H,6-7,11H2,(H2,18,22). The van der Waals surface area contributed by atoms with Gasteiger partial charge in [-0.2, -0.15) is 4.98 Å². The number of rotatable bonds is 6. The molecule has 0 radical (unpaired) electrons. The van der Waals surface area contributed by atoms with Crippen LogP contribution in [0, 0.1) is 0 Å². The van der Waals surface area contributed by atoms with E-state index >= 15 is 0 Å². The molecule has 0 bridgehead atoms. The van der Waals surface area contributed by atoms with Gasteiger partial charge < -0.3 is 10.6 Å². The molecule has 0 aliphatic heterocycles. The van der Waals surface area contributed by atoms with Gasteiger partial charge in [0.1, 0.15) is 5.69 Å². The predicted octanol–water partition coefficient (Wildman–Crippen LogP) is 1.27. The maximum absolute atomic E-state index is 13.0. The average Bonchev–Trinajstić information content (AvgIpc) is 3.06. The molecule has 2 heterocycles. The van der Waals surface area contributed by atoms with Crippen molar-refractivity contribution >= 4 is 28.1 Å². The highest BCUT2D eigenvalue weighted by molar-refractivity contribution is 7.15. The summed E-state index contributed by atoms with van der Waals surface area (Å²) in [5.74, 6) is -0.837. The third kappa shape index (κ3) is 3.92. The summed E-state index contributed by atoms with van der Waals surface area (Å²) in [5.41, 5.74) is 5.90. The summed E-state index contributed by atoms with van der Waals surface area (Å²) in [6, 6.07) is 10.6. The minimum atomic E-state index is -0.488. The Morgan fingerprint density at radius 2 is 2.00 bits per heavy atom. The highest BCUT2D eigenvalue weighted by Gasteiger charge is 2.20. The van der Waals surface area contributed by atoms with Crippen LogP contribution in [0.1, 0.15) is 22.5 Å². The van der Waals surface area contributed by atoms with E-state index in [-0.39, 0.29) is 24.6 Å². The average molecular weight is 356 g/mol. The van der Waals surface area contributed by atoms with Crippen molar-refractivity contribution in [1.82, 2.24) is 14.3 Å². The highest BCUT2D eigenvalue weighted by atomic mass is 32.1. The summed E-state index contributed by atoms with van der Waals surface area (Å²) in [7, 11) is 0. The lowest BCUT2D eigenvalue weighted by molar-refractivity contribution is -0.118. The van der Waals surface area contributed by atoms with Crippen molar-refractivity contribution in [2.45, 2.75) is 13.0 Å². The first-order valence-corrected chi connectivity index (χ1v) is 8.51. The first-order valence-electron chi connectivity index (χ1n) is 7.63. The molecule has 2 aromatic heterocycles. The summed E-state index contributed by atoms with van der Waals surface area (Å²) in [4.78, 5) is 41.8. The number of aromatic nitrogens is 2. The molecule has 1 aromatic carbocycles. The highest BCUT2D eigenvalue weighted by Crippen LogP contribution is 2.14. The number of hydrogen-bond donors (Lipinski definition) is 1. The topological polar surface area (TPSA) is 97.8 Å². The smallest absolute Gasteiger partial charge is 0.274 e. The number of carbonyl (C=O) groups excluding carboxylic acids is 2. The molecule has 0 spiro atoms. The maximum atomic E-state index is 13.0. The lowest BCUT2D eigenvalue weighted by Crippen LogP contribution is -2.35. The van der Waals surface area contributed by atoms with E-state index in [9.17, 15) is 14.4 Å². The fourth-order valence-corrected chi connectivity index (χ4v) is 3.20. The predicted molar refractivity (Wildman–Crippen MR) is 94.3 cm³/mol. The van der Waals surface area contributed by atoms with Crippen LogP contribution in [-0.4, -0.2) is 32.6 Å². The Kier molecular flexibility index (Phi) is 4.90. The Morgan fingerprint density at radius 3 is 2.72 bits per heavy atom. The normalized spacial score (nSPS) is 10.7. The summed E-state index contributed by atoms with van der Waals surface area (Å²) in [5, 5.41) is 1.75. The molecule has 0 aliphatic carbocycles. The summed E-state index contributed by atoms with van der Waals surface area (Å²) in [6.07, 6.45) is 1.74. The van der Waals surface area contributed by atoms with E-state index in [1.165, 1.54) is 22.3 Å².